The van der Waals surface area contributed by atoms with E-state index in [4.69, 9.17) is 21.3 Å². The Labute approximate surface area is 184 Å². The van der Waals surface area contributed by atoms with E-state index >= 15 is 0 Å². The Morgan fingerprint density at radius 1 is 1.20 bits per heavy atom. The van der Waals surface area contributed by atoms with E-state index in [-0.39, 0.29) is 5.97 Å². The number of esters is 1. The number of carbonyl (C=O) groups is 1. The van der Waals surface area contributed by atoms with Crippen molar-refractivity contribution in [2.75, 3.05) is 11.9 Å². The third kappa shape index (κ3) is 3.93. The van der Waals surface area contributed by atoms with Gasteiger partial charge in [0.15, 0.2) is 4.96 Å². The first-order chi connectivity index (χ1) is 14.5. The number of anilines is 1. The average Bonchev–Trinajstić information content (AvgIpc) is 3.25. The summed E-state index contributed by atoms with van der Waals surface area (Å²) in [6.45, 7) is 6.74. The highest BCUT2D eigenvalue weighted by Crippen LogP contribution is 2.35. The van der Waals surface area contributed by atoms with Crippen molar-refractivity contribution in [1.29, 1.82) is 0 Å². The van der Waals surface area contributed by atoms with Crippen molar-refractivity contribution in [2.45, 2.75) is 27.3 Å². The molecule has 154 valence electrons. The van der Waals surface area contributed by atoms with E-state index in [2.05, 4.69) is 30.4 Å². The third-order valence-electron chi connectivity index (χ3n) is 4.83. The van der Waals surface area contributed by atoms with Crippen LogP contribution >= 0.6 is 22.9 Å². The largest absolute Gasteiger partial charge is 0.462 e. The number of rotatable bonds is 6. The SMILES string of the molecule is CCOC(=O)c1sc2nc(-c3cccc(C)c3)c(NCc3ccc(Cl)cc3)n2c1C. The molecule has 0 aliphatic rings. The fraction of sp³-hybridized carbons (Fsp3) is 0.217. The molecule has 0 radical (unpaired) electrons. The summed E-state index contributed by atoms with van der Waals surface area (Å²) in [5.41, 5.74) is 4.97. The molecule has 5 nitrogen and oxygen atoms in total. The van der Waals surface area contributed by atoms with Gasteiger partial charge in [-0.05, 0) is 44.5 Å². The molecule has 2 aromatic heterocycles. The molecule has 0 fully saturated rings. The maximum Gasteiger partial charge on any atom is 0.350 e. The van der Waals surface area contributed by atoms with Crippen molar-refractivity contribution in [3.05, 3.63) is 75.3 Å². The lowest BCUT2D eigenvalue weighted by atomic mass is 10.1. The smallest absolute Gasteiger partial charge is 0.350 e. The van der Waals surface area contributed by atoms with Crippen molar-refractivity contribution in [1.82, 2.24) is 9.38 Å². The van der Waals surface area contributed by atoms with Gasteiger partial charge in [-0.25, -0.2) is 9.78 Å². The molecular formula is C23H22ClN3O2S. The van der Waals surface area contributed by atoms with Gasteiger partial charge in [-0.3, -0.25) is 4.40 Å². The predicted molar refractivity (Wildman–Crippen MR) is 123 cm³/mol. The maximum absolute atomic E-state index is 12.4. The summed E-state index contributed by atoms with van der Waals surface area (Å²) in [7, 11) is 0. The van der Waals surface area contributed by atoms with Gasteiger partial charge in [-0.15, -0.1) is 0 Å². The van der Waals surface area contributed by atoms with Crippen LogP contribution in [0.15, 0.2) is 48.5 Å². The van der Waals surface area contributed by atoms with Gasteiger partial charge in [0.2, 0.25) is 0 Å². The molecule has 7 heteroatoms. The van der Waals surface area contributed by atoms with Gasteiger partial charge >= 0.3 is 5.97 Å². The van der Waals surface area contributed by atoms with Crippen LogP contribution in [0.5, 0.6) is 0 Å². The van der Waals surface area contributed by atoms with Gasteiger partial charge in [0.05, 0.1) is 6.61 Å². The number of thiazole rings is 1. The van der Waals surface area contributed by atoms with Gasteiger partial charge in [-0.2, -0.15) is 0 Å². The van der Waals surface area contributed by atoms with Crippen LogP contribution in [-0.2, 0) is 11.3 Å². The zero-order valence-corrected chi connectivity index (χ0v) is 18.6. The lowest BCUT2D eigenvalue weighted by Crippen LogP contribution is -2.07. The normalized spacial score (nSPS) is 11.1. The van der Waals surface area contributed by atoms with Crippen LogP contribution in [0.1, 0.15) is 33.4 Å². The first-order valence-electron chi connectivity index (χ1n) is 9.72. The number of aryl methyl sites for hydroxylation is 2. The van der Waals surface area contributed by atoms with Crippen LogP contribution in [0.3, 0.4) is 0 Å². The quantitative estimate of drug-likeness (QED) is 0.367. The Kier molecular flexibility index (Phi) is 5.79. The molecule has 4 rings (SSSR count). The second-order valence-corrected chi connectivity index (χ2v) is 8.43. The number of nitrogens with zero attached hydrogens (tertiary/aromatic N) is 2. The van der Waals surface area contributed by atoms with E-state index in [1.165, 1.54) is 11.3 Å². The molecule has 0 unspecified atom stereocenters. The summed E-state index contributed by atoms with van der Waals surface area (Å²) in [6, 6.07) is 16.0. The van der Waals surface area contributed by atoms with E-state index in [9.17, 15) is 4.79 Å². The Morgan fingerprint density at radius 3 is 2.67 bits per heavy atom. The van der Waals surface area contributed by atoms with E-state index < -0.39 is 0 Å². The Morgan fingerprint density at radius 2 is 1.97 bits per heavy atom. The maximum atomic E-state index is 12.4. The number of nitrogens with one attached hydrogen (secondary N) is 1. The highest BCUT2D eigenvalue weighted by atomic mass is 35.5. The lowest BCUT2D eigenvalue weighted by molar-refractivity contribution is 0.0531. The van der Waals surface area contributed by atoms with Gasteiger partial charge < -0.3 is 10.1 Å². The van der Waals surface area contributed by atoms with E-state index in [1.807, 2.05) is 41.7 Å². The molecule has 2 heterocycles. The Balaban J connectivity index is 1.80. The van der Waals surface area contributed by atoms with E-state index in [0.717, 1.165) is 38.9 Å². The minimum absolute atomic E-state index is 0.314. The summed E-state index contributed by atoms with van der Waals surface area (Å²) in [4.78, 5) is 18.6. The van der Waals surface area contributed by atoms with Gasteiger partial charge in [0.25, 0.3) is 0 Å². The Bertz CT molecular complexity index is 1210. The van der Waals surface area contributed by atoms with Crippen LogP contribution in [0, 0.1) is 13.8 Å². The summed E-state index contributed by atoms with van der Waals surface area (Å²) >= 11 is 7.36. The highest BCUT2D eigenvalue weighted by molar-refractivity contribution is 7.19. The standard InChI is InChI=1S/C23H22ClN3O2S/c1-4-29-22(28)20-15(3)27-21(25-13-16-8-10-18(24)11-9-16)19(26-23(27)30-20)17-7-5-6-14(2)12-17/h5-12,25H,4,13H2,1-3H3. The van der Waals surface area contributed by atoms with Crippen LogP contribution < -0.4 is 5.32 Å². The number of halogens is 1. The minimum Gasteiger partial charge on any atom is -0.462 e. The first kappa shape index (κ1) is 20.4. The molecule has 4 aromatic rings. The molecule has 0 saturated carbocycles. The molecular weight excluding hydrogens is 418 g/mol. The molecule has 0 bridgehead atoms. The molecule has 0 spiro atoms. The van der Waals surface area contributed by atoms with Crippen molar-refractivity contribution < 1.29 is 9.53 Å². The van der Waals surface area contributed by atoms with Gasteiger partial charge in [0, 0.05) is 22.8 Å². The number of ether oxygens (including phenoxy) is 1. The fourth-order valence-electron chi connectivity index (χ4n) is 3.38. The predicted octanol–water partition coefficient (Wildman–Crippen LogP) is 6.12. The zero-order valence-electron chi connectivity index (χ0n) is 17.0. The number of imidazole rings is 1. The average molecular weight is 440 g/mol. The fourth-order valence-corrected chi connectivity index (χ4v) is 4.52. The van der Waals surface area contributed by atoms with Crippen LogP contribution in [0.25, 0.3) is 16.2 Å². The Hall–Kier alpha value is -2.83. The van der Waals surface area contributed by atoms with Gasteiger partial charge in [0.1, 0.15) is 16.4 Å². The summed E-state index contributed by atoms with van der Waals surface area (Å²) in [6.07, 6.45) is 0. The topological polar surface area (TPSA) is 55.6 Å². The van der Waals surface area contributed by atoms with Crippen molar-refractivity contribution in [3.63, 3.8) is 0 Å². The van der Waals surface area contributed by atoms with Crippen molar-refractivity contribution in [2.24, 2.45) is 0 Å². The van der Waals surface area contributed by atoms with E-state index in [0.29, 0.717) is 23.1 Å². The number of aromatic nitrogens is 2. The molecule has 2 aromatic carbocycles. The lowest BCUT2D eigenvalue weighted by Gasteiger charge is -2.10. The summed E-state index contributed by atoms with van der Waals surface area (Å²) in [5, 5.41) is 4.23. The number of fused-ring (bicyclic) bond motifs is 1. The molecule has 0 aliphatic heterocycles. The van der Waals surface area contributed by atoms with Gasteiger partial charge in [-0.1, -0.05) is 58.8 Å². The summed E-state index contributed by atoms with van der Waals surface area (Å²) < 4.78 is 7.22. The van der Waals surface area contributed by atoms with E-state index in [1.54, 1.807) is 6.92 Å². The molecule has 1 N–H and O–H groups in total. The third-order valence-corrected chi connectivity index (χ3v) is 6.20. The van der Waals surface area contributed by atoms with Crippen LogP contribution in [0.4, 0.5) is 5.82 Å². The number of hydrogen-bond donors (Lipinski definition) is 1. The molecule has 30 heavy (non-hydrogen) atoms. The second kappa shape index (κ2) is 8.50. The minimum atomic E-state index is -0.314. The molecule has 0 aliphatic carbocycles. The molecule has 0 saturated heterocycles. The number of hydrogen-bond acceptors (Lipinski definition) is 5. The zero-order chi connectivity index (χ0) is 21.3. The second-order valence-electron chi connectivity index (χ2n) is 7.01. The van der Waals surface area contributed by atoms with Crippen LogP contribution in [0.2, 0.25) is 5.02 Å². The van der Waals surface area contributed by atoms with Crippen molar-refractivity contribution >= 4 is 39.7 Å². The molecule has 0 amide bonds. The summed E-state index contributed by atoms with van der Waals surface area (Å²) in [5.74, 6) is 0.543. The van der Waals surface area contributed by atoms with Crippen LogP contribution in [-0.4, -0.2) is 22.0 Å². The first-order valence-corrected chi connectivity index (χ1v) is 10.9. The highest BCUT2D eigenvalue weighted by Gasteiger charge is 2.23. The number of benzene rings is 2. The monoisotopic (exact) mass is 439 g/mol. The van der Waals surface area contributed by atoms with Crippen molar-refractivity contribution in [3.8, 4) is 11.3 Å². The molecule has 0 atom stereocenters. The number of carbonyl (C=O) groups excluding carboxylic acids is 1.